The average Bonchev–Trinajstić information content (AvgIpc) is 1.82. The van der Waals surface area contributed by atoms with E-state index in [4.69, 9.17) is 15.9 Å². The van der Waals surface area contributed by atoms with E-state index >= 15 is 0 Å². The van der Waals surface area contributed by atoms with Crippen LogP contribution in [0.3, 0.4) is 0 Å². The molecule has 5 nitrogen and oxygen atoms in total. The SMILES string of the molecule is N[C@@H](CCC(=O)O)C(=O)O.[Cu].[Cu]. The van der Waals surface area contributed by atoms with Gasteiger partial charge in [0, 0.05) is 40.6 Å². The van der Waals surface area contributed by atoms with Crippen LogP contribution in [0, 0.1) is 0 Å². The molecule has 0 amide bonds. The first kappa shape index (κ1) is 17.9. The predicted molar refractivity (Wildman–Crippen MR) is 32.5 cm³/mol. The molecule has 0 aliphatic heterocycles. The van der Waals surface area contributed by atoms with Crippen molar-refractivity contribution in [2.45, 2.75) is 18.9 Å². The second-order valence-corrected chi connectivity index (χ2v) is 1.88. The van der Waals surface area contributed by atoms with Crippen LogP contribution in [0.2, 0.25) is 0 Å². The normalized spacial score (nSPS) is 10.4. The maximum Gasteiger partial charge on any atom is 0.320 e. The molecule has 0 saturated carbocycles. The topological polar surface area (TPSA) is 101 Å². The van der Waals surface area contributed by atoms with Gasteiger partial charge in [-0.25, -0.2) is 0 Å². The van der Waals surface area contributed by atoms with Gasteiger partial charge in [-0.15, -0.1) is 0 Å². The molecular weight excluding hydrogens is 265 g/mol. The maximum absolute atomic E-state index is 9.99. The molecule has 0 aromatic heterocycles. The molecule has 0 unspecified atom stereocenters. The second-order valence-electron chi connectivity index (χ2n) is 1.88. The Morgan fingerprint density at radius 1 is 1.25 bits per heavy atom. The Morgan fingerprint density at radius 3 is 1.92 bits per heavy atom. The van der Waals surface area contributed by atoms with E-state index in [2.05, 4.69) is 0 Å². The van der Waals surface area contributed by atoms with Gasteiger partial charge in [-0.2, -0.15) is 0 Å². The molecule has 0 saturated heterocycles. The largest absolute Gasteiger partial charge is 0.481 e. The molecule has 0 aliphatic rings. The van der Waals surface area contributed by atoms with Crippen molar-refractivity contribution in [3.8, 4) is 0 Å². The minimum absolute atomic E-state index is 0. The average molecular weight is 274 g/mol. The van der Waals surface area contributed by atoms with Crippen LogP contribution in [0.15, 0.2) is 0 Å². The van der Waals surface area contributed by atoms with Gasteiger partial charge < -0.3 is 15.9 Å². The fraction of sp³-hybridized carbons (Fsp3) is 0.600. The molecule has 80 valence electrons. The summed E-state index contributed by atoms with van der Waals surface area (Å²) in [5.74, 6) is -2.20. The minimum Gasteiger partial charge on any atom is -0.481 e. The van der Waals surface area contributed by atoms with Gasteiger partial charge in [0.2, 0.25) is 0 Å². The summed E-state index contributed by atoms with van der Waals surface area (Å²) in [5.41, 5.74) is 5.00. The third kappa shape index (κ3) is 9.94. The summed E-state index contributed by atoms with van der Waals surface area (Å²) in [6, 6.07) is -1.06. The van der Waals surface area contributed by atoms with Crippen LogP contribution in [-0.2, 0) is 43.7 Å². The number of carboxylic acid groups (broad SMARTS) is 2. The zero-order valence-corrected chi connectivity index (χ0v) is 7.77. The van der Waals surface area contributed by atoms with Crippen LogP contribution in [0.25, 0.3) is 0 Å². The van der Waals surface area contributed by atoms with E-state index in [1.54, 1.807) is 0 Å². The molecule has 0 heterocycles. The predicted octanol–water partition coefficient (Wildman–Crippen LogP) is -0.742. The molecule has 0 fully saturated rings. The van der Waals surface area contributed by atoms with Crippen molar-refractivity contribution in [2.24, 2.45) is 5.73 Å². The second kappa shape index (κ2) is 9.03. The third-order valence-electron chi connectivity index (χ3n) is 0.986. The van der Waals surface area contributed by atoms with E-state index in [-0.39, 0.29) is 47.0 Å². The summed E-state index contributed by atoms with van der Waals surface area (Å²) in [4.78, 5) is 19.9. The molecule has 0 aliphatic carbocycles. The Morgan fingerprint density at radius 2 is 1.67 bits per heavy atom. The van der Waals surface area contributed by atoms with Crippen molar-refractivity contribution in [3.05, 3.63) is 0 Å². The van der Waals surface area contributed by atoms with E-state index in [9.17, 15) is 9.59 Å². The number of nitrogens with two attached hydrogens (primary N) is 1. The van der Waals surface area contributed by atoms with E-state index in [1.165, 1.54) is 0 Å². The molecule has 7 heteroatoms. The third-order valence-corrected chi connectivity index (χ3v) is 0.986. The van der Waals surface area contributed by atoms with Crippen LogP contribution >= 0.6 is 0 Å². The minimum atomic E-state index is -1.17. The van der Waals surface area contributed by atoms with Crippen LogP contribution in [0.1, 0.15) is 12.8 Å². The Bertz CT molecular complexity index is 152. The van der Waals surface area contributed by atoms with Gasteiger partial charge in [-0.3, -0.25) is 9.59 Å². The van der Waals surface area contributed by atoms with E-state index in [0.29, 0.717) is 0 Å². The summed E-state index contributed by atoms with van der Waals surface area (Å²) in [5, 5.41) is 16.3. The molecule has 0 spiro atoms. The van der Waals surface area contributed by atoms with Crippen molar-refractivity contribution >= 4 is 11.9 Å². The number of hydrogen-bond donors (Lipinski definition) is 3. The maximum atomic E-state index is 9.99. The summed E-state index contributed by atoms with van der Waals surface area (Å²) in [6.07, 6.45) is -0.224. The van der Waals surface area contributed by atoms with Crippen molar-refractivity contribution in [1.82, 2.24) is 0 Å². The summed E-state index contributed by atoms with van der Waals surface area (Å²) in [7, 11) is 0. The van der Waals surface area contributed by atoms with Gasteiger partial charge >= 0.3 is 11.9 Å². The number of carboxylic acids is 2. The van der Waals surface area contributed by atoms with Crippen molar-refractivity contribution in [1.29, 1.82) is 0 Å². The number of carbonyl (C=O) groups is 2. The zero-order chi connectivity index (χ0) is 8.15. The summed E-state index contributed by atoms with van der Waals surface area (Å²) in [6.45, 7) is 0. The van der Waals surface area contributed by atoms with Gasteiger partial charge in [0.15, 0.2) is 0 Å². The summed E-state index contributed by atoms with van der Waals surface area (Å²) >= 11 is 0. The Kier molecular flexibility index (Phi) is 13.5. The molecule has 0 bridgehead atoms. The van der Waals surface area contributed by atoms with E-state index < -0.39 is 18.0 Å². The quantitative estimate of drug-likeness (QED) is 0.586. The monoisotopic (exact) mass is 273 g/mol. The number of aliphatic carboxylic acids is 2. The molecule has 0 aromatic carbocycles. The first-order valence-corrected chi connectivity index (χ1v) is 2.74. The van der Waals surface area contributed by atoms with Crippen LogP contribution < -0.4 is 5.73 Å². The summed E-state index contributed by atoms with van der Waals surface area (Å²) < 4.78 is 0. The molecule has 0 aromatic rings. The smallest absolute Gasteiger partial charge is 0.320 e. The Hall–Kier alpha value is -0.0610. The molecule has 4 N–H and O–H groups in total. The first-order chi connectivity index (χ1) is 4.54. The fourth-order valence-electron chi connectivity index (χ4n) is 0.402. The Labute approximate surface area is 90.6 Å². The molecule has 12 heavy (non-hydrogen) atoms. The number of hydrogen-bond acceptors (Lipinski definition) is 3. The van der Waals surface area contributed by atoms with Crippen LogP contribution in [0.4, 0.5) is 0 Å². The zero-order valence-electron chi connectivity index (χ0n) is 5.88. The molecule has 1 atom stereocenters. The molecule has 2 radical (unpaired) electrons. The van der Waals surface area contributed by atoms with Gasteiger partial charge in [0.05, 0.1) is 0 Å². The van der Waals surface area contributed by atoms with Gasteiger partial charge in [0.25, 0.3) is 0 Å². The standard InChI is InChI=1S/C5H9NO4.2Cu/c6-3(5(9)10)1-2-4(7)8;;/h3H,1-2,6H2,(H,7,8)(H,9,10);;/t3-;;/m0../s1. The molecular formula is C5H9Cu2NO4. The van der Waals surface area contributed by atoms with Crippen LogP contribution in [0.5, 0.6) is 0 Å². The fourth-order valence-corrected chi connectivity index (χ4v) is 0.402. The van der Waals surface area contributed by atoms with Crippen molar-refractivity contribution < 1.29 is 53.9 Å². The number of rotatable bonds is 4. The van der Waals surface area contributed by atoms with Gasteiger partial charge in [-0.05, 0) is 6.42 Å². The van der Waals surface area contributed by atoms with Crippen molar-refractivity contribution in [2.75, 3.05) is 0 Å². The van der Waals surface area contributed by atoms with Crippen LogP contribution in [-0.4, -0.2) is 28.2 Å². The van der Waals surface area contributed by atoms with Gasteiger partial charge in [-0.1, -0.05) is 0 Å². The van der Waals surface area contributed by atoms with E-state index in [1.807, 2.05) is 0 Å². The van der Waals surface area contributed by atoms with Crippen molar-refractivity contribution in [3.63, 3.8) is 0 Å². The first-order valence-electron chi connectivity index (χ1n) is 2.74. The Balaban J connectivity index is -0.000000405. The molecule has 0 rings (SSSR count). The van der Waals surface area contributed by atoms with Gasteiger partial charge in [0.1, 0.15) is 6.04 Å². The van der Waals surface area contributed by atoms with E-state index in [0.717, 1.165) is 0 Å².